The predicted molar refractivity (Wildman–Crippen MR) is 125 cm³/mol. The fraction of sp³-hybridized carbons (Fsp3) is 0.167. The molecular formula is C24H21N3O4S. The van der Waals surface area contributed by atoms with Crippen molar-refractivity contribution in [1.29, 1.82) is 0 Å². The number of pyridine rings is 2. The van der Waals surface area contributed by atoms with E-state index in [1.165, 1.54) is 19.4 Å². The van der Waals surface area contributed by atoms with Gasteiger partial charge in [-0.1, -0.05) is 18.2 Å². The van der Waals surface area contributed by atoms with Crippen LogP contribution in [0.25, 0.3) is 10.9 Å². The Balaban J connectivity index is 1.55. The van der Waals surface area contributed by atoms with Crippen LogP contribution in [0, 0.1) is 6.92 Å². The van der Waals surface area contributed by atoms with Gasteiger partial charge in [0.05, 0.1) is 12.6 Å². The maximum Gasteiger partial charge on any atom is 0.261 e. The van der Waals surface area contributed by atoms with Crippen molar-refractivity contribution in [3.63, 3.8) is 0 Å². The van der Waals surface area contributed by atoms with Gasteiger partial charge >= 0.3 is 0 Å². The topological polar surface area (TPSA) is 101 Å². The summed E-state index contributed by atoms with van der Waals surface area (Å²) in [5.41, 5.74) is 1.75. The molecule has 32 heavy (non-hydrogen) atoms. The van der Waals surface area contributed by atoms with Gasteiger partial charge in [0, 0.05) is 40.2 Å². The predicted octanol–water partition coefficient (Wildman–Crippen LogP) is 4.37. The molecule has 0 aliphatic heterocycles. The summed E-state index contributed by atoms with van der Waals surface area (Å²) in [4.78, 5) is 45.9. The summed E-state index contributed by atoms with van der Waals surface area (Å²) >= 11 is 1.62. The Bertz CT molecular complexity index is 1360. The summed E-state index contributed by atoms with van der Waals surface area (Å²) in [6.45, 7) is 1.83. The highest BCUT2D eigenvalue weighted by atomic mass is 32.1. The number of H-pyrrole nitrogens is 1. The number of ether oxygens (including phenoxy) is 1. The van der Waals surface area contributed by atoms with Crippen LogP contribution >= 0.6 is 11.3 Å². The van der Waals surface area contributed by atoms with E-state index < -0.39 is 11.5 Å². The lowest BCUT2D eigenvalue weighted by atomic mass is 10.0. The molecule has 1 amide bonds. The number of fused-ring (bicyclic) bond motifs is 1. The third-order valence-corrected chi connectivity index (χ3v) is 6.08. The number of rotatable bonds is 7. The van der Waals surface area contributed by atoms with Crippen LogP contribution in [-0.4, -0.2) is 28.8 Å². The standard InChI is InChI=1S/C24H21N3O4S/c1-14-5-6-15(21(28)8-7-17-4-3-9-32-17)11-19(14)26-23(29)18-10-16-13-25-22(31-2)12-20(16)27-24(18)30/h3-6,9-13H,7-8H2,1-2H3,(H,26,29)(H,27,30). The van der Waals surface area contributed by atoms with Crippen molar-refractivity contribution in [2.45, 2.75) is 19.8 Å². The van der Waals surface area contributed by atoms with Crippen LogP contribution in [0.3, 0.4) is 0 Å². The van der Waals surface area contributed by atoms with Gasteiger partial charge in [-0.05, 0) is 42.5 Å². The average Bonchev–Trinajstić information content (AvgIpc) is 3.31. The Hall–Kier alpha value is -3.78. The summed E-state index contributed by atoms with van der Waals surface area (Å²) in [6.07, 6.45) is 2.59. The number of hydrogen-bond acceptors (Lipinski definition) is 6. The van der Waals surface area contributed by atoms with Gasteiger partial charge < -0.3 is 15.0 Å². The molecule has 0 radical (unpaired) electrons. The summed E-state index contributed by atoms with van der Waals surface area (Å²) in [6, 6.07) is 12.2. The van der Waals surface area contributed by atoms with Crippen molar-refractivity contribution in [3.05, 3.63) is 86.0 Å². The van der Waals surface area contributed by atoms with E-state index in [2.05, 4.69) is 15.3 Å². The summed E-state index contributed by atoms with van der Waals surface area (Å²) in [5.74, 6) is -0.200. The van der Waals surface area contributed by atoms with Crippen molar-refractivity contribution in [2.24, 2.45) is 0 Å². The van der Waals surface area contributed by atoms with E-state index >= 15 is 0 Å². The molecule has 0 fully saturated rings. The zero-order chi connectivity index (χ0) is 22.7. The Kier molecular flexibility index (Phi) is 6.13. The number of benzene rings is 1. The number of nitrogens with one attached hydrogen (secondary N) is 2. The molecule has 4 aromatic rings. The fourth-order valence-electron chi connectivity index (χ4n) is 3.32. The molecule has 1 aromatic carbocycles. The Morgan fingerprint density at radius 3 is 2.78 bits per heavy atom. The smallest absolute Gasteiger partial charge is 0.261 e. The number of hydrogen-bond donors (Lipinski definition) is 2. The van der Waals surface area contributed by atoms with E-state index in [9.17, 15) is 14.4 Å². The number of ketones is 1. The van der Waals surface area contributed by atoms with Gasteiger partial charge in [-0.25, -0.2) is 4.98 Å². The molecular weight excluding hydrogens is 426 g/mol. The maximum absolute atomic E-state index is 12.9. The maximum atomic E-state index is 12.9. The number of carbonyl (C=O) groups excluding carboxylic acids is 2. The monoisotopic (exact) mass is 447 g/mol. The van der Waals surface area contributed by atoms with Crippen molar-refractivity contribution in [2.75, 3.05) is 12.4 Å². The number of aryl methyl sites for hydroxylation is 2. The van der Waals surface area contributed by atoms with Crippen LogP contribution in [0.1, 0.15) is 37.6 Å². The number of methoxy groups -OCH3 is 1. The average molecular weight is 448 g/mol. The molecule has 0 saturated heterocycles. The van der Waals surface area contributed by atoms with E-state index in [0.29, 0.717) is 40.9 Å². The van der Waals surface area contributed by atoms with E-state index in [1.807, 2.05) is 24.4 Å². The first kappa shape index (κ1) is 21.5. The number of thiophene rings is 1. The number of anilines is 1. The number of Topliss-reactive ketones (excluding diaryl/α,β-unsaturated/α-hetero) is 1. The number of nitrogens with zero attached hydrogens (tertiary/aromatic N) is 1. The molecule has 8 heteroatoms. The van der Waals surface area contributed by atoms with Gasteiger partial charge in [0.25, 0.3) is 11.5 Å². The second-order valence-corrected chi connectivity index (χ2v) is 8.34. The lowest BCUT2D eigenvalue weighted by Gasteiger charge is -2.11. The van der Waals surface area contributed by atoms with Crippen molar-refractivity contribution < 1.29 is 14.3 Å². The highest BCUT2D eigenvalue weighted by Gasteiger charge is 2.15. The third-order valence-electron chi connectivity index (χ3n) is 5.14. The van der Waals surface area contributed by atoms with Crippen LogP contribution in [-0.2, 0) is 6.42 Å². The van der Waals surface area contributed by atoms with Crippen molar-refractivity contribution in [1.82, 2.24) is 9.97 Å². The van der Waals surface area contributed by atoms with Crippen LogP contribution in [0.4, 0.5) is 5.69 Å². The van der Waals surface area contributed by atoms with Crippen molar-refractivity contribution >= 4 is 39.6 Å². The van der Waals surface area contributed by atoms with E-state index in [4.69, 9.17) is 4.74 Å². The lowest BCUT2D eigenvalue weighted by Crippen LogP contribution is -2.23. The van der Waals surface area contributed by atoms with E-state index in [1.54, 1.807) is 35.6 Å². The highest BCUT2D eigenvalue weighted by molar-refractivity contribution is 7.09. The SMILES string of the molecule is COc1cc2[nH]c(=O)c(C(=O)Nc3cc(C(=O)CCc4cccs4)ccc3C)cc2cn1. The van der Waals surface area contributed by atoms with Crippen LogP contribution in [0.2, 0.25) is 0 Å². The minimum absolute atomic E-state index is 0.00234. The first-order chi connectivity index (χ1) is 15.4. The molecule has 4 rings (SSSR count). The molecule has 3 heterocycles. The number of aromatic nitrogens is 2. The largest absolute Gasteiger partial charge is 0.481 e. The molecule has 2 N–H and O–H groups in total. The molecule has 162 valence electrons. The van der Waals surface area contributed by atoms with Gasteiger partial charge in [-0.3, -0.25) is 14.4 Å². The molecule has 0 spiro atoms. The second kappa shape index (κ2) is 9.15. The lowest BCUT2D eigenvalue weighted by molar-refractivity contribution is 0.0980. The first-order valence-electron chi connectivity index (χ1n) is 9.99. The Labute approximate surface area is 188 Å². The van der Waals surface area contributed by atoms with Gasteiger partial charge in [0.15, 0.2) is 5.78 Å². The zero-order valence-corrected chi connectivity index (χ0v) is 18.4. The molecule has 0 aliphatic carbocycles. The Morgan fingerprint density at radius 2 is 2.03 bits per heavy atom. The molecule has 0 aliphatic rings. The number of carbonyl (C=O) groups is 2. The molecule has 3 aromatic heterocycles. The normalized spacial score (nSPS) is 10.8. The van der Waals surface area contributed by atoms with Crippen LogP contribution in [0.5, 0.6) is 5.88 Å². The zero-order valence-electron chi connectivity index (χ0n) is 17.6. The minimum Gasteiger partial charge on any atom is -0.481 e. The summed E-state index contributed by atoms with van der Waals surface area (Å²) in [5, 5.41) is 5.35. The summed E-state index contributed by atoms with van der Waals surface area (Å²) in [7, 11) is 1.48. The molecule has 0 unspecified atom stereocenters. The van der Waals surface area contributed by atoms with E-state index in [-0.39, 0.29) is 11.3 Å². The van der Waals surface area contributed by atoms with Gasteiger partial charge in [0.1, 0.15) is 5.56 Å². The summed E-state index contributed by atoms with van der Waals surface area (Å²) < 4.78 is 5.06. The van der Waals surface area contributed by atoms with Crippen LogP contribution < -0.4 is 15.6 Å². The molecule has 0 bridgehead atoms. The molecule has 0 saturated carbocycles. The number of amides is 1. The Morgan fingerprint density at radius 1 is 1.19 bits per heavy atom. The van der Waals surface area contributed by atoms with Gasteiger partial charge in [-0.2, -0.15) is 0 Å². The quantitative estimate of drug-likeness (QED) is 0.410. The minimum atomic E-state index is -0.560. The van der Waals surface area contributed by atoms with Gasteiger partial charge in [0.2, 0.25) is 5.88 Å². The number of aromatic amines is 1. The van der Waals surface area contributed by atoms with Crippen LogP contribution in [0.15, 0.2) is 58.8 Å². The highest BCUT2D eigenvalue weighted by Crippen LogP contribution is 2.21. The first-order valence-corrected chi connectivity index (χ1v) is 10.9. The molecule has 0 atom stereocenters. The van der Waals surface area contributed by atoms with Gasteiger partial charge in [-0.15, -0.1) is 11.3 Å². The fourth-order valence-corrected chi connectivity index (χ4v) is 4.03. The third kappa shape index (κ3) is 4.60. The second-order valence-electron chi connectivity index (χ2n) is 7.31. The van der Waals surface area contributed by atoms with E-state index in [0.717, 1.165) is 10.4 Å². The molecule has 7 nitrogen and oxygen atoms in total. The van der Waals surface area contributed by atoms with Crippen molar-refractivity contribution in [3.8, 4) is 5.88 Å².